The fourth-order valence-corrected chi connectivity index (χ4v) is 14.9. The molecule has 2 heteroatoms. The van der Waals surface area contributed by atoms with Gasteiger partial charge in [0.25, 0.3) is 0 Å². The molecule has 0 spiro atoms. The van der Waals surface area contributed by atoms with E-state index in [4.69, 9.17) is 0 Å². The van der Waals surface area contributed by atoms with Gasteiger partial charge in [0.2, 0.25) is 0 Å². The molecule has 0 saturated heterocycles. The molecule has 0 aliphatic carbocycles. The minimum absolute atomic E-state index is 0.416. The second-order valence-corrected chi connectivity index (χ2v) is 13.1. The number of hydrogen-bond acceptors (Lipinski definition) is 0. The van der Waals surface area contributed by atoms with Crippen LogP contribution in [0.1, 0.15) is 17.5 Å². The van der Waals surface area contributed by atoms with Gasteiger partial charge in [-0.1, -0.05) is 0 Å². The van der Waals surface area contributed by atoms with Crippen LogP contribution in [-0.2, 0) is 4.20 Å². The number of rotatable bonds is 2. The quantitative estimate of drug-likeness (QED) is 0.735. The van der Waals surface area contributed by atoms with Crippen LogP contribution < -0.4 is 0 Å². The maximum atomic E-state index is 2.33. The monoisotopic (exact) mass is 344 g/mol. The van der Waals surface area contributed by atoms with Crippen molar-refractivity contribution in [3.63, 3.8) is 0 Å². The molecule has 0 nitrogen and oxygen atoms in total. The van der Waals surface area contributed by atoms with E-state index in [0.29, 0.717) is 30.5 Å². The van der Waals surface area contributed by atoms with Crippen LogP contribution in [0.3, 0.4) is 0 Å². The molecule has 17 heavy (non-hydrogen) atoms. The molecule has 0 atom stereocenters. The zero-order valence-electron chi connectivity index (χ0n) is 9.58. The summed E-state index contributed by atoms with van der Waals surface area (Å²) in [7, 11) is 0. The fourth-order valence-electron chi connectivity index (χ4n) is 2.43. The summed E-state index contributed by atoms with van der Waals surface area (Å²) in [6, 6.07) is 22.3. The van der Waals surface area contributed by atoms with Crippen LogP contribution in [0.15, 0.2) is 60.7 Å². The summed E-state index contributed by atoms with van der Waals surface area (Å²) < 4.78 is 0.416. The molecule has 84 valence electrons. The van der Waals surface area contributed by atoms with Crippen LogP contribution in [-0.4, -0.2) is 26.3 Å². The third-order valence-corrected chi connectivity index (χ3v) is 14.2. The van der Waals surface area contributed by atoms with E-state index in [1.807, 2.05) is 0 Å². The molecule has 2 aromatic rings. The Labute approximate surface area is 113 Å². The third-order valence-electron chi connectivity index (χ3n) is 3.32. The summed E-state index contributed by atoms with van der Waals surface area (Å²) in [5, 5.41) is 1.49. The van der Waals surface area contributed by atoms with Crippen molar-refractivity contribution in [3.05, 3.63) is 71.8 Å². The van der Waals surface area contributed by atoms with Crippen LogP contribution >= 0.6 is 0 Å². The molecule has 1 aliphatic rings. The first-order valence-electron chi connectivity index (χ1n) is 5.91. The van der Waals surface area contributed by atoms with Crippen molar-refractivity contribution in [2.24, 2.45) is 0 Å². The molecule has 0 amide bonds. The van der Waals surface area contributed by atoms with E-state index in [-0.39, 0.29) is 0 Å². The average molecular weight is 344 g/mol. The molecular weight excluding hydrogens is 330 g/mol. The predicted octanol–water partition coefficient (Wildman–Crippen LogP) is 3.08. The summed E-state index contributed by atoms with van der Waals surface area (Å²) >= 11 is 1.12. The summed E-state index contributed by atoms with van der Waals surface area (Å²) in [4.78, 5) is 0. The second-order valence-electron chi connectivity index (χ2n) is 4.31. The van der Waals surface area contributed by atoms with Crippen molar-refractivity contribution in [1.29, 1.82) is 0 Å². The molecule has 0 radical (unpaired) electrons. The van der Waals surface area contributed by atoms with Gasteiger partial charge in [-0.05, 0) is 0 Å². The normalized spacial score (nSPS) is 19.1. The summed E-state index contributed by atoms with van der Waals surface area (Å²) in [5.74, 6) is 0. The second kappa shape index (κ2) is 5.05. The van der Waals surface area contributed by atoms with Crippen molar-refractivity contribution in [2.75, 3.05) is 0 Å². The van der Waals surface area contributed by atoms with Crippen LogP contribution in [0.2, 0.25) is 5.21 Å². The van der Waals surface area contributed by atoms with Gasteiger partial charge >= 0.3 is 114 Å². The molecule has 0 saturated carbocycles. The van der Waals surface area contributed by atoms with Crippen LogP contribution in [0, 0.1) is 0 Å². The molecule has 1 heterocycles. The Balaban J connectivity index is 2.15. The van der Waals surface area contributed by atoms with Gasteiger partial charge in [-0.3, -0.25) is 0 Å². The predicted molar refractivity (Wildman–Crippen MR) is 74.6 cm³/mol. The van der Waals surface area contributed by atoms with E-state index >= 15 is 0 Å². The molecule has 0 aromatic heterocycles. The SMILES string of the molecule is c1ccc(C2(c3ccccc3)CC[As]=[As]2)cc1. The summed E-state index contributed by atoms with van der Waals surface area (Å²) in [6.07, 6.45) is 1.38. The Morgan fingerprint density at radius 1 is 0.765 bits per heavy atom. The first-order chi connectivity index (χ1) is 8.42. The van der Waals surface area contributed by atoms with E-state index in [9.17, 15) is 0 Å². The molecule has 0 fully saturated rings. The fraction of sp³-hybridized carbons (Fsp3) is 0.200. The van der Waals surface area contributed by atoms with Gasteiger partial charge in [-0.25, -0.2) is 0 Å². The van der Waals surface area contributed by atoms with Crippen LogP contribution in [0.5, 0.6) is 0 Å². The Kier molecular flexibility index (Phi) is 3.45. The van der Waals surface area contributed by atoms with E-state index in [2.05, 4.69) is 60.7 Å². The topological polar surface area (TPSA) is 0 Å². The van der Waals surface area contributed by atoms with Crippen LogP contribution in [0.4, 0.5) is 0 Å². The Hall–Kier alpha value is -0.443. The first-order valence-corrected chi connectivity index (χ1v) is 13.4. The minimum atomic E-state index is 0.416. The molecule has 0 bridgehead atoms. The zero-order valence-corrected chi connectivity index (χ0v) is 13.3. The first kappa shape index (κ1) is 11.6. The van der Waals surface area contributed by atoms with E-state index in [0.717, 1.165) is 0 Å². The van der Waals surface area contributed by atoms with Gasteiger partial charge in [0.1, 0.15) is 0 Å². The number of hydrogen-bond donors (Lipinski definition) is 0. The van der Waals surface area contributed by atoms with Crippen molar-refractivity contribution >= 4 is 26.3 Å². The molecule has 0 unspecified atom stereocenters. The standard InChI is InChI=1S/C15H14As2/c1-3-7-13(8-4-1)15(11-12-16-17-15)14-9-5-2-6-10-14/h1-10H,11-12H2. The Bertz CT molecular complexity index is 478. The molecular formula is C15H14As2. The van der Waals surface area contributed by atoms with E-state index in [1.54, 1.807) is 11.1 Å². The maximum absolute atomic E-state index is 2.33. The van der Waals surface area contributed by atoms with Crippen molar-refractivity contribution < 1.29 is 0 Å². The summed E-state index contributed by atoms with van der Waals surface area (Å²) in [5.41, 5.74) is 3.11. The van der Waals surface area contributed by atoms with E-state index < -0.39 is 0 Å². The molecule has 1 aliphatic heterocycles. The third kappa shape index (κ3) is 2.14. The zero-order chi connectivity index (χ0) is 11.6. The van der Waals surface area contributed by atoms with E-state index in [1.165, 1.54) is 11.6 Å². The average Bonchev–Trinajstić information content (AvgIpc) is 2.91. The van der Waals surface area contributed by atoms with Gasteiger partial charge in [0.05, 0.1) is 0 Å². The van der Waals surface area contributed by atoms with Gasteiger partial charge in [-0.15, -0.1) is 0 Å². The molecule has 3 rings (SSSR count). The van der Waals surface area contributed by atoms with Crippen LogP contribution in [0.25, 0.3) is 0 Å². The Morgan fingerprint density at radius 3 is 1.71 bits per heavy atom. The molecule has 0 N–H and O–H groups in total. The van der Waals surface area contributed by atoms with Crippen molar-refractivity contribution in [2.45, 2.75) is 15.8 Å². The van der Waals surface area contributed by atoms with Gasteiger partial charge in [0.15, 0.2) is 0 Å². The Morgan fingerprint density at radius 2 is 1.29 bits per heavy atom. The van der Waals surface area contributed by atoms with Crippen molar-refractivity contribution in [3.8, 4) is 0 Å². The van der Waals surface area contributed by atoms with Gasteiger partial charge in [-0.2, -0.15) is 0 Å². The van der Waals surface area contributed by atoms with Gasteiger partial charge in [0, 0.05) is 0 Å². The number of benzene rings is 2. The summed E-state index contributed by atoms with van der Waals surface area (Å²) in [6.45, 7) is 0. The van der Waals surface area contributed by atoms with Gasteiger partial charge < -0.3 is 0 Å². The van der Waals surface area contributed by atoms with Crippen molar-refractivity contribution in [1.82, 2.24) is 0 Å². The molecule has 2 aromatic carbocycles.